The Morgan fingerprint density at radius 2 is 1.82 bits per heavy atom. The first-order valence-electron chi connectivity index (χ1n) is 12.0. The number of aromatic amines is 1. The van der Waals surface area contributed by atoms with E-state index in [1.165, 1.54) is 22.3 Å². The average molecular weight is 457 g/mol. The van der Waals surface area contributed by atoms with Gasteiger partial charge in [-0.1, -0.05) is 32.0 Å². The van der Waals surface area contributed by atoms with Crippen molar-refractivity contribution in [2.75, 3.05) is 31.3 Å². The van der Waals surface area contributed by atoms with E-state index in [9.17, 15) is 0 Å². The Balaban J connectivity index is 1.54. The molecule has 4 aromatic rings. The van der Waals surface area contributed by atoms with Crippen LogP contribution in [0.1, 0.15) is 36.1 Å². The molecule has 1 aliphatic heterocycles. The number of ether oxygens (including phenoxy) is 1. The van der Waals surface area contributed by atoms with Crippen LogP contribution in [0.5, 0.6) is 5.75 Å². The normalized spacial score (nSPS) is 13.6. The number of anilines is 4. The number of hydrogen-bond acceptors (Lipinski definition) is 6. The summed E-state index contributed by atoms with van der Waals surface area (Å²) >= 11 is 0. The molecule has 0 aliphatic carbocycles. The van der Waals surface area contributed by atoms with Crippen molar-refractivity contribution in [2.45, 2.75) is 39.7 Å². The van der Waals surface area contributed by atoms with E-state index < -0.39 is 0 Å². The molecule has 2 aromatic carbocycles. The second-order valence-corrected chi connectivity index (χ2v) is 8.85. The summed E-state index contributed by atoms with van der Waals surface area (Å²) < 4.78 is 5.71. The van der Waals surface area contributed by atoms with E-state index in [1.807, 2.05) is 12.3 Å². The van der Waals surface area contributed by atoms with E-state index in [0.29, 0.717) is 5.95 Å². The monoisotopic (exact) mass is 456 g/mol. The Hall–Kier alpha value is -3.58. The van der Waals surface area contributed by atoms with Gasteiger partial charge in [-0.05, 0) is 66.8 Å². The lowest BCUT2D eigenvalue weighted by Gasteiger charge is -2.26. The molecule has 0 unspecified atom stereocenters. The minimum Gasteiger partial charge on any atom is -0.495 e. The number of likely N-dealkylation sites (N-methyl/N-ethyl adjacent to an activating group) is 1. The smallest absolute Gasteiger partial charge is 0.231 e. The Bertz CT molecular complexity index is 1310. The van der Waals surface area contributed by atoms with Gasteiger partial charge in [0.05, 0.1) is 18.2 Å². The zero-order chi connectivity index (χ0) is 23.7. The minimum atomic E-state index is 0.520. The highest BCUT2D eigenvalue weighted by atomic mass is 16.5. The number of H-pyrrole nitrogens is 1. The quantitative estimate of drug-likeness (QED) is 0.338. The molecule has 0 amide bonds. The van der Waals surface area contributed by atoms with Crippen LogP contribution >= 0.6 is 0 Å². The van der Waals surface area contributed by atoms with Gasteiger partial charge in [-0.15, -0.1) is 0 Å². The van der Waals surface area contributed by atoms with Crippen molar-refractivity contribution in [3.05, 3.63) is 64.8 Å². The zero-order valence-corrected chi connectivity index (χ0v) is 20.3. The maximum Gasteiger partial charge on any atom is 0.231 e. The molecular formula is C27H32N6O. The fourth-order valence-electron chi connectivity index (χ4n) is 4.73. The molecule has 1 aliphatic rings. The van der Waals surface area contributed by atoms with E-state index in [1.54, 1.807) is 7.11 Å². The Kier molecular flexibility index (Phi) is 6.11. The van der Waals surface area contributed by atoms with Crippen LogP contribution in [0, 0.1) is 0 Å². The molecule has 7 nitrogen and oxygen atoms in total. The number of para-hydroxylation sites is 1. The molecule has 0 saturated heterocycles. The zero-order valence-electron chi connectivity index (χ0n) is 20.3. The topological polar surface area (TPSA) is 78.1 Å². The maximum absolute atomic E-state index is 5.71. The third kappa shape index (κ3) is 4.19. The van der Waals surface area contributed by atoms with Gasteiger partial charge in [0.1, 0.15) is 17.2 Å². The van der Waals surface area contributed by atoms with Gasteiger partial charge in [-0.2, -0.15) is 9.97 Å². The molecule has 7 heteroatoms. The highest BCUT2D eigenvalue weighted by Gasteiger charge is 2.18. The average Bonchev–Trinajstić information content (AvgIpc) is 3.32. The van der Waals surface area contributed by atoms with Crippen molar-refractivity contribution in [2.24, 2.45) is 0 Å². The fourth-order valence-corrected chi connectivity index (χ4v) is 4.73. The summed E-state index contributed by atoms with van der Waals surface area (Å²) in [5.74, 6) is 2.10. The van der Waals surface area contributed by atoms with Gasteiger partial charge in [0.15, 0.2) is 0 Å². The minimum absolute atomic E-state index is 0.520. The number of methoxy groups -OCH3 is 1. The van der Waals surface area contributed by atoms with Gasteiger partial charge < -0.3 is 25.3 Å². The molecule has 176 valence electrons. The largest absolute Gasteiger partial charge is 0.495 e. The summed E-state index contributed by atoms with van der Waals surface area (Å²) in [7, 11) is 3.86. The first kappa shape index (κ1) is 22.2. The lowest BCUT2D eigenvalue weighted by atomic mass is 9.99. The molecule has 3 heterocycles. The molecule has 3 N–H and O–H groups in total. The molecule has 0 spiro atoms. The summed E-state index contributed by atoms with van der Waals surface area (Å²) in [6, 6.07) is 12.8. The number of nitrogens with zero attached hydrogens (tertiary/aromatic N) is 3. The van der Waals surface area contributed by atoms with Crippen molar-refractivity contribution in [1.29, 1.82) is 0 Å². The van der Waals surface area contributed by atoms with Crippen LogP contribution in [0.3, 0.4) is 0 Å². The molecule has 2 aromatic heterocycles. The van der Waals surface area contributed by atoms with Crippen molar-refractivity contribution in [3.63, 3.8) is 0 Å². The first-order valence-corrected chi connectivity index (χ1v) is 12.0. The van der Waals surface area contributed by atoms with Crippen molar-refractivity contribution in [3.8, 4) is 5.75 Å². The summed E-state index contributed by atoms with van der Waals surface area (Å²) in [4.78, 5) is 15.2. The van der Waals surface area contributed by atoms with Crippen LogP contribution in [0.25, 0.3) is 11.0 Å². The summed E-state index contributed by atoms with van der Waals surface area (Å²) in [6.45, 7) is 6.34. The van der Waals surface area contributed by atoms with Gasteiger partial charge in [0, 0.05) is 25.0 Å². The van der Waals surface area contributed by atoms with Gasteiger partial charge in [0.2, 0.25) is 5.95 Å². The SMILES string of the molecule is CCc1cccc(CC)c1Nc1nc(Nc2cc3c(cc2OC)CCN(C)C3)nc2[nH]ccc12. The number of benzene rings is 2. The molecule has 0 bridgehead atoms. The second kappa shape index (κ2) is 9.35. The predicted molar refractivity (Wildman–Crippen MR) is 139 cm³/mol. The number of hydrogen-bond donors (Lipinski definition) is 3. The Labute approximate surface area is 200 Å². The van der Waals surface area contributed by atoms with Crippen LogP contribution in [0.15, 0.2) is 42.6 Å². The van der Waals surface area contributed by atoms with Crippen LogP contribution < -0.4 is 15.4 Å². The molecule has 0 radical (unpaired) electrons. The van der Waals surface area contributed by atoms with E-state index in [4.69, 9.17) is 14.7 Å². The van der Waals surface area contributed by atoms with Crippen molar-refractivity contribution in [1.82, 2.24) is 19.9 Å². The highest BCUT2D eigenvalue weighted by Crippen LogP contribution is 2.34. The van der Waals surface area contributed by atoms with Crippen LogP contribution in [0.2, 0.25) is 0 Å². The fraction of sp³-hybridized carbons (Fsp3) is 0.333. The van der Waals surface area contributed by atoms with Gasteiger partial charge >= 0.3 is 0 Å². The highest BCUT2D eigenvalue weighted by molar-refractivity contribution is 5.91. The number of rotatable bonds is 7. The maximum atomic E-state index is 5.71. The third-order valence-electron chi connectivity index (χ3n) is 6.63. The van der Waals surface area contributed by atoms with Crippen LogP contribution in [-0.2, 0) is 25.8 Å². The molecule has 5 rings (SSSR count). The van der Waals surface area contributed by atoms with E-state index >= 15 is 0 Å². The van der Waals surface area contributed by atoms with Crippen molar-refractivity contribution >= 4 is 34.2 Å². The molecule has 34 heavy (non-hydrogen) atoms. The van der Waals surface area contributed by atoms with E-state index in [-0.39, 0.29) is 0 Å². The third-order valence-corrected chi connectivity index (χ3v) is 6.63. The Morgan fingerprint density at radius 1 is 1.03 bits per heavy atom. The summed E-state index contributed by atoms with van der Waals surface area (Å²) in [6.07, 6.45) is 4.82. The lowest BCUT2D eigenvalue weighted by molar-refractivity contribution is 0.312. The molecular weight excluding hydrogens is 424 g/mol. The Morgan fingerprint density at radius 3 is 2.56 bits per heavy atom. The molecule has 0 atom stereocenters. The van der Waals surface area contributed by atoms with Gasteiger partial charge in [0.25, 0.3) is 0 Å². The van der Waals surface area contributed by atoms with E-state index in [2.05, 4.69) is 71.7 Å². The second-order valence-electron chi connectivity index (χ2n) is 8.85. The van der Waals surface area contributed by atoms with Crippen LogP contribution in [0.4, 0.5) is 23.1 Å². The predicted octanol–water partition coefficient (Wildman–Crippen LogP) is 5.57. The van der Waals surface area contributed by atoms with E-state index in [0.717, 1.165) is 66.3 Å². The molecule has 0 fully saturated rings. The first-order chi connectivity index (χ1) is 16.6. The number of aryl methyl sites for hydroxylation is 2. The van der Waals surface area contributed by atoms with Gasteiger partial charge in [-0.3, -0.25) is 0 Å². The standard InChI is InChI=1S/C27H32N6O/c1-5-17-8-7-9-18(6-2)24(17)30-26-21-10-12-28-25(21)31-27(32-26)29-22-14-20-16-33(3)13-11-19(20)15-23(22)34-4/h7-10,12,14-15H,5-6,11,13,16H2,1-4H3,(H3,28,29,30,31,32). The molecule has 0 saturated carbocycles. The van der Waals surface area contributed by atoms with Gasteiger partial charge in [-0.25, -0.2) is 0 Å². The number of nitrogens with one attached hydrogen (secondary N) is 3. The van der Waals surface area contributed by atoms with Crippen molar-refractivity contribution < 1.29 is 4.74 Å². The number of aromatic nitrogens is 3. The number of fused-ring (bicyclic) bond motifs is 2. The summed E-state index contributed by atoms with van der Waals surface area (Å²) in [5, 5.41) is 8.02. The lowest BCUT2D eigenvalue weighted by Crippen LogP contribution is -2.26. The summed E-state index contributed by atoms with van der Waals surface area (Å²) in [5.41, 5.74) is 7.98. The van der Waals surface area contributed by atoms with Crippen LogP contribution in [-0.4, -0.2) is 40.6 Å².